The Morgan fingerprint density at radius 3 is 2.76 bits per heavy atom. The van der Waals surface area contributed by atoms with Gasteiger partial charge >= 0.3 is 6.09 Å². The van der Waals surface area contributed by atoms with E-state index in [0.29, 0.717) is 19.5 Å². The zero-order chi connectivity index (χ0) is 15.6. The zero-order valence-electron chi connectivity index (χ0n) is 12.6. The zero-order valence-corrected chi connectivity index (χ0v) is 12.6. The molecule has 1 aliphatic heterocycles. The maximum absolute atomic E-state index is 13.7. The van der Waals surface area contributed by atoms with E-state index in [1.54, 1.807) is 11.0 Å². The van der Waals surface area contributed by atoms with Crippen LogP contribution in [-0.4, -0.2) is 35.8 Å². The largest absolute Gasteiger partial charge is 0.483 e. The second-order valence-electron chi connectivity index (χ2n) is 6.11. The monoisotopic (exact) mass is 296 g/mol. The lowest BCUT2D eigenvalue weighted by Crippen LogP contribution is -2.36. The minimum atomic E-state index is -0.536. The van der Waals surface area contributed by atoms with Gasteiger partial charge < -0.3 is 20.1 Å². The Morgan fingerprint density at radius 1 is 1.43 bits per heavy atom. The average molecular weight is 296 g/mol. The molecule has 2 N–H and O–H groups in total. The van der Waals surface area contributed by atoms with Crippen molar-refractivity contribution in [2.24, 2.45) is 0 Å². The molecule has 1 aliphatic rings. The van der Waals surface area contributed by atoms with Gasteiger partial charge in [-0.2, -0.15) is 0 Å². The molecule has 2 rings (SSSR count). The van der Waals surface area contributed by atoms with E-state index < -0.39 is 11.4 Å². The molecule has 0 aromatic heterocycles. The third-order valence-corrected chi connectivity index (χ3v) is 3.08. The lowest BCUT2D eigenvalue weighted by atomic mass is 10.2. The van der Waals surface area contributed by atoms with Crippen molar-refractivity contribution < 1.29 is 18.7 Å². The fourth-order valence-corrected chi connectivity index (χ4v) is 2.13. The molecular formula is C15H21FN2O3. The standard InChI is InChI=1S/C15H21FN2O3/c1-15(2,3)21-14(19)18-8-7-10(9-18)20-13-11(16)5-4-6-12(13)17/h4-6,10H,7-9,17H2,1-3H3/t10-/m1/s1. The Kier molecular flexibility index (Phi) is 4.25. The van der Waals surface area contributed by atoms with Crippen molar-refractivity contribution in [1.29, 1.82) is 0 Å². The summed E-state index contributed by atoms with van der Waals surface area (Å²) < 4.78 is 24.6. The van der Waals surface area contributed by atoms with Gasteiger partial charge in [-0.25, -0.2) is 9.18 Å². The fourth-order valence-electron chi connectivity index (χ4n) is 2.13. The maximum atomic E-state index is 13.7. The summed E-state index contributed by atoms with van der Waals surface area (Å²) in [5.74, 6) is -0.445. The number of carbonyl (C=O) groups is 1. The van der Waals surface area contributed by atoms with Gasteiger partial charge in [0.2, 0.25) is 0 Å². The Balaban J connectivity index is 1.95. The summed E-state index contributed by atoms with van der Waals surface area (Å²) >= 11 is 0. The summed E-state index contributed by atoms with van der Waals surface area (Å²) in [4.78, 5) is 13.5. The van der Waals surface area contributed by atoms with E-state index in [1.807, 2.05) is 20.8 Å². The molecule has 0 spiro atoms. The number of hydrogen-bond acceptors (Lipinski definition) is 4. The molecule has 116 valence electrons. The topological polar surface area (TPSA) is 64.8 Å². The number of benzene rings is 1. The van der Waals surface area contributed by atoms with Gasteiger partial charge in [-0.05, 0) is 32.9 Å². The van der Waals surface area contributed by atoms with Crippen LogP contribution in [0.25, 0.3) is 0 Å². The Bertz CT molecular complexity index is 508. The maximum Gasteiger partial charge on any atom is 0.410 e. The summed E-state index contributed by atoms with van der Waals surface area (Å²) in [5.41, 5.74) is 5.43. The number of nitrogens with zero attached hydrogens (tertiary/aromatic N) is 1. The highest BCUT2D eigenvalue weighted by Gasteiger charge is 2.31. The van der Waals surface area contributed by atoms with Crippen LogP contribution in [0.15, 0.2) is 18.2 Å². The van der Waals surface area contributed by atoms with E-state index >= 15 is 0 Å². The van der Waals surface area contributed by atoms with Crippen molar-refractivity contribution in [2.45, 2.75) is 38.9 Å². The second kappa shape index (κ2) is 5.79. The number of nitrogen functional groups attached to an aromatic ring is 1. The van der Waals surface area contributed by atoms with Crippen molar-refractivity contribution in [1.82, 2.24) is 4.90 Å². The second-order valence-corrected chi connectivity index (χ2v) is 6.11. The molecule has 0 radical (unpaired) electrons. The molecule has 1 atom stereocenters. The van der Waals surface area contributed by atoms with Crippen LogP contribution in [-0.2, 0) is 4.74 Å². The van der Waals surface area contributed by atoms with Crippen molar-refractivity contribution in [3.05, 3.63) is 24.0 Å². The highest BCUT2D eigenvalue weighted by Crippen LogP contribution is 2.28. The number of para-hydroxylation sites is 1. The van der Waals surface area contributed by atoms with Crippen LogP contribution < -0.4 is 10.5 Å². The quantitative estimate of drug-likeness (QED) is 0.852. The molecule has 1 saturated heterocycles. The molecule has 0 bridgehead atoms. The molecule has 1 aromatic carbocycles. The van der Waals surface area contributed by atoms with Crippen LogP contribution >= 0.6 is 0 Å². The van der Waals surface area contributed by atoms with Crippen molar-refractivity contribution in [2.75, 3.05) is 18.8 Å². The number of likely N-dealkylation sites (tertiary alicyclic amines) is 1. The normalized spacial score (nSPS) is 18.7. The van der Waals surface area contributed by atoms with Gasteiger partial charge in [0, 0.05) is 13.0 Å². The number of nitrogens with two attached hydrogens (primary N) is 1. The minimum absolute atomic E-state index is 0.0496. The van der Waals surface area contributed by atoms with E-state index in [9.17, 15) is 9.18 Å². The van der Waals surface area contributed by atoms with Crippen molar-refractivity contribution >= 4 is 11.8 Å². The van der Waals surface area contributed by atoms with E-state index in [1.165, 1.54) is 12.1 Å². The molecule has 0 saturated carbocycles. The third-order valence-electron chi connectivity index (χ3n) is 3.08. The predicted octanol–water partition coefficient (Wildman–Crippen LogP) is 2.80. The minimum Gasteiger partial charge on any atom is -0.483 e. The molecular weight excluding hydrogens is 275 g/mol. The van der Waals surface area contributed by atoms with Crippen LogP contribution in [0.4, 0.5) is 14.9 Å². The smallest absolute Gasteiger partial charge is 0.410 e. The van der Waals surface area contributed by atoms with Gasteiger partial charge in [-0.1, -0.05) is 6.07 Å². The SMILES string of the molecule is CC(C)(C)OC(=O)N1CC[C@@H](Oc2c(N)cccc2F)C1. The van der Waals surface area contributed by atoms with Gasteiger partial charge in [0.05, 0.1) is 12.2 Å². The number of ether oxygens (including phenoxy) is 2. The number of hydrogen-bond donors (Lipinski definition) is 1. The molecule has 1 aromatic rings. The summed E-state index contributed by atoms with van der Waals surface area (Å²) in [6.45, 7) is 6.33. The average Bonchev–Trinajstić information content (AvgIpc) is 2.80. The van der Waals surface area contributed by atoms with E-state index in [0.717, 1.165) is 0 Å². The Morgan fingerprint density at radius 2 is 2.14 bits per heavy atom. The Labute approximate surface area is 123 Å². The van der Waals surface area contributed by atoms with E-state index in [2.05, 4.69) is 0 Å². The van der Waals surface area contributed by atoms with Crippen LogP contribution in [0.5, 0.6) is 5.75 Å². The molecule has 1 fully saturated rings. The molecule has 0 aliphatic carbocycles. The fraction of sp³-hybridized carbons (Fsp3) is 0.533. The summed E-state index contributed by atoms with van der Waals surface area (Å²) in [5, 5.41) is 0. The molecule has 5 nitrogen and oxygen atoms in total. The van der Waals surface area contributed by atoms with Gasteiger partial charge in [-0.3, -0.25) is 0 Å². The summed E-state index contributed by atoms with van der Waals surface area (Å²) in [6, 6.07) is 4.41. The van der Waals surface area contributed by atoms with Gasteiger partial charge in [0.15, 0.2) is 11.6 Å². The van der Waals surface area contributed by atoms with Crippen LogP contribution in [0.1, 0.15) is 27.2 Å². The van der Waals surface area contributed by atoms with Gasteiger partial charge in [-0.15, -0.1) is 0 Å². The number of amides is 1. The van der Waals surface area contributed by atoms with Crippen molar-refractivity contribution in [3.8, 4) is 5.75 Å². The first-order valence-electron chi connectivity index (χ1n) is 6.95. The molecule has 0 unspecified atom stereocenters. The first-order valence-corrected chi connectivity index (χ1v) is 6.95. The van der Waals surface area contributed by atoms with Gasteiger partial charge in [0.1, 0.15) is 11.7 Å². The summed E-state index contributed by atoms with van der Waals surface area (Å²) in [6.07, 6.45) is -0.0423. The first-order chi connectivity index (χ1) is 9.76. The number of halogens is 1. The number of rotatable bonds is 2. The highest BCUT2D eigenvalue weighted by molar-refractivity contribution is 5.68. The first kappa shape index (κ1) is 15.4. The predicted molar refractivity (Wildman–Crippen MR) is 77.7 cm³/mol. The van der Waals surface area contributed by atoms with Crippen LogP contribution in [0.2, 0.25) is 0 Å². The third kappa shape index (κ3) is 4.00. The number of carbonyl (C=O) groups excluding carboxylic acids is 1. The molecule has 1 amide bonds. The van der Waals surface area contributed by atoms with Gasteiger partial charge in [0.25, 0.3) is 0 Å². The lowest BCUT2D eigenvalue weighted by Gasteiger charge is -2.24. The van der Waals surface area contributed by atoms with E-state index in [-0.39, 0.29) is 23.6 Å². The Hall–Kier alpha value is -1.98. The van der Waals surface area contributed by atoms with Crippen LogP contribution in [0.3, 0.4) is 0 Å². The van der Waals surface area contributed by atoms with Crippen LogP contribution in [0, 0.1) is 5.82 Å². The highest BCUT2D eigenvalue weighted by atomic mass is 19.1. The number of anilines is 1. The molecule has 21 heavy (non-hydrogen) atoms. The lowest BCUT2D eigenvalue weighted by molar-refractivity contribution is 0.0275. The molecule has 6 heteroatoms. The van der Waals surface area contributed by atoms with Crippen molar-refractivity contribution in [3.63, 3.8) is 0 Å². The van der Waals surface area contributed by atoms with E-state index in [4.69, 9.17) is 15.2 Å². The summed E-state index contributed by atoms with van der Waals surface area (Å²) in [7, 11) is 0. The molecule has 1 heterocycles.